The van der Waals surface area contributed by atoms with E-state index in [2.05, 4.69) is 5.92 Å². The Kier molecular flexibility index (Phi) is 4.60. The van der Waals surface area contributed by atoms with Gasteiger partial charge in [-0.25, -0.2) is 0 Å². The fraction of sp³-hybridized carbons (Fsp3) is 0.333. The summed E-state index contributed by atoms with van der Waals surface area (Å²) in [6.07, 6.45) is 7.01. The number of carbonyl (C=O) groups excluding carboxylic acids is 1. The predicted octanol–water partition coefficient (Wildman–Crippen LogP) is 2.87. The van der Waals surface area contributed by atoms with Crippen molar-refractivity contribution in [2.75, 3.05) is 0 Å². The van der Waals surface area contributed by atoms with Gasteiger partial charge >= 0.3 is 0 Å². The average molecular weight is 217 g/mol. The van der Waals surface area contributed by atoms with Crippen LogP contribution in [0.4, 0.5) is 0 Å². The molecule has 0 aliphatic carbocycles. The fourth-order valence-corrected chi connectivity index (χ4v) is 1.97. The molecule has 0 amide bonds. The molecule has 0 N–H and O–H groups in total. The molecule has 0 aromatic carbocycles. The van der Waals surface area contributed by atoms with E-state index in [9.17, 15) is 4.79 Å². The van der Waals surface area contributed by atoms with E-state index in [1.807, 2.05) is 17.5 Å². The van der Waals surface area contributed by atoms with Gasteiger partial charge in [0.15, 0.2) is 5.78 Å². The lowest BCUT2D eigenvalue weighted by atomic mass is 9.98. The Morgan fingerprint density at radius 1 is 1.67 bits per heavy atom. The van der Waals surface area contributed by atoms with Gasteiger partial charge in [-0.15, -0.1) is 23.7 Å². The molecule has 0 spiro atoms. The van der Waals surface area contributed by atoms with Gasteiger partial charge in [0.05, 0.1) is 10.9 Å². The van der Waals surface area contributed by atoms with E-state index in [-0.39, 0.29) is 5.78 Å². The molecule has 1 rings (SSSR count). The van der Waals surface area contributed by atoms with Gasteiger partial charge in [0.25, 0.3) is 0 Å². The van der Waals surface area contributed by atoms with Crippen LogP contribution in [0.5, 0.6) is 0 Å². The van der Waals surface area contributed by atoms with Crippen molar-refractivity contribution >= 4 is 17.1 Å². The first-order valence-electron chi connectivity index (χ1n) is 4.70. The van der Waals surface area contributed by atoms with Crippen molar-refractivity contribution in [3.63, 3.8) is 0 Å². The number of rotatable bonds is 5. The second kappa shape index (κ2) is 6.01. The lowest BCUT2D eigenvalue weighted by molar-refractivity contribution is 0.0947. The van der Waals surface area contributed by atoms with E-state index in [4.69, 9.17) is 11.7 Å². The number of nitriles is 1. The molecular weight excluding hydrogens is 206 g/mol. The summed E-state index contributed by atoms with van der Waals surface area (Å²) in [5.41, 5.74) is 0. The summed E-state index contributed by atoms with van der Waals surface area (Å²) in [4.78, 5) is 12.4. The standard InChI is InChI=1S/C12H11NOS/c1-2-3-4-6-10(9-13)12(14)11-7-5-8-15-11/h1,5,7-8,10H,3-4,6H2. The fourth-order valence-electron chi connectivity index (χ4n) is 1.25. The van der Waals surface area contributed by atoms with Crippen LogP contribution in [0.3, 0.4) is 0 Å². The molecule has 0 saturated heterocycles. The zero-order valence-electron chi connectivity index (χ0n) is 8.27. The van der Waals surface area contributed by atoms with Crippen LogP contribution >= 0.6 is 11.3 Å². The summed E-state index contributed by atoms with van der Waals surface area (Å²) >= 11 is 1.37. The molecule has 1 unspecified atom stereocenters. The topological polar surface area (TPSA) is 40.9 Å². The van der Waals surface area contributed by atoms with Crippen molar-refractivity contribution in [2.24, 2.45) is 5.92 Å². The molecule has 15 heavy (non-hydrogen) atoms. The molecule has 3 heteroatoms. The maximum Gasteiger partial charge on any atom is 0.189 e. The lowest BCUT2D eigenvalue weighted by Gasteiger charge is -2.04. The van der Waals surface area contributed by atoms with E-state index < -0.39 is 5.92 Å². The number of unbranched alkanes of at least 4 members (excludes halogenated alkanes) is 1. The number of ketones is 1. The number of carbonyl (C=O) groups is 1. The molecule has 1 atom stereocenters. The molecule has 0 saturated carbocycles. The Morgan fingerprint density at radius 3 is 3.00 bits per heavy atom. The highest BCUT2D eigenvalue weighted by atomic mass is 32.1. The number of thiophene rings is 1. The second-order valence-electron chi connectivity index (χ2n) is 3.12. The highest BCUT2D eigenvalue weighted by Crippen LogP contribution is 2.18. The van der Waals surface area contributed by atoms with Crippen molar-refractivity contribution in [1.29, 1.82) is 5.26 Å². The summed E-state index contributed by atoms with van der Waals surface area (Å²) in [5, 5.41) is 10.7. The molecule has 1 heterocycles. The summed E-state index contributed by atoms with van der Waals surface area (Å²) < 4.78 is 0. The van der Waals surface area contributed by atoms with Crippen LogP contribution in [0, 0.1) is 29.6 Å². The molecular formula is C12H11NOS. The Balaban J connectivity index is 2.57. The van der Waals surface area contributed by atoms with E-state index in [0.717, 1.165) is 6.42 Å². The Bertz CT molecular complexity index is 394. The summed E-state index contributed by atoms with van der Waals surface area (Å²) in [7, 11) is 0. The molecule has 0 aliphatic heterocycles. The van der Waals surface area contributed by atoms with Crippen LogP contribution in [0.25, 0.3) is 0 Å². The molecule has 0 aliphatic rings. The second-order valence-corrected chi connectivity index (χ2v) is 4.07. The van der Waals surface area contributed by atoms with Crippen LogP contribution in [-0.2, 0) is 0 Å². The molecule has 76 valence electrons. The number of terminal acetylenes is 1. The normalized spacial score (nSPS) is 11.3. The third kappa shape index (κ3) is 3.23. The summed E-state index contributed by atoms with van der Waals surface area (Å²) in [5.74, 6) is 1.88. The molecule has 1 aromatic rings. The minimum Gasteiger partial charge on any atom is -0.292 e. The highest BCUT2D eigenvalue weighted by molar-refractivity contribution is 7.12. The highest BCUT2D eigenvalue weighted by Gasteiger charge is 2.19. The third-order valence-electron chi connectivity index (χ3n) is 2.05. The molecule has 0 fully saturated rings. The zero-order chi connectivity index (χ0) is 11.1. The van der Waals surface area contributed by atoms with Crippen LogP contribution in [0.15, 0.2) is 17.5 Å². The molecule has 2 nitrogen and oxygen atoms in total. The first-order chi connectivity index (χ1) is 7.29. The number of hydrogen-bond donors (Lipinski definition) is 0. The summed E-state index contributed by atoms with van der Waals surface area (Å²) in [6.45, 7) is 0. The minimum absolute atomic E-state index is 0.0791. The number of Topliss-reactive ketones (excluding diaryl/α,β-unsaturated/α-hetero) is 1. The first-order valence-corrected chi connectivity index (χ1v) is 5.58. The van der Waals surface area contributed by atoms with Gasteiger partial charge in [-0.05, 0) is 24.3 Å². The SMILES string of the molecule is C#CCCCC(C#N)C(=O)c1cccs1. The smallest absolute Gasteiger partial charge is 0.189 e. The van der Waals surface area contributed by atoms with Gasteiger partial charge in [-0.1, -0.05) is 6.07 Å². The van der Waals surface area contributed by atoms with Gasteiger partial charge in [-0.3, -0.25) is 4.79 Å². The van der Waals surface area contributed by atoms with Gasteiger partial charge in [0.1, 0.15) is 5.92 Å². The maximum atomic E-state index is 11.8. The Morgan fingerprint density at radius 2 is 2.47 bits per heavy atom. The number of hydrogen-bond acceptors (Lipinski definition) is 3. The van der Waals surface area contributed by atoms with E-state index in [1.54, 1.807) is 6.07 Å². The maximum absolute atomic E-state index is 11.8. The van der Waals surface area contributed by atoms with Gasteiger partial charge in [0, 0.05) is 6.42 Å². The van der Waals surface area contributed by atoms with E-state index in [1.165, 1.54) is 11.3 Å². The molecule has 1 aromatic heterocycles. The van der Waals surface area contributed by atoms with Crippen LogP contribution < -0.4 is 0 Å². The third-order valence-corrected chi connectivity index (χ3v) is 2.93. The van der Waals surface area contributed by atoms with Gasteiger partial charge < -0.3 is 0 Å². The van der Waals surface area contributed by atoms with Crippen LogP contribution in [0.2, 0.25) is 0 Å². The first kappa shape index (κ1) is 11.5. The average Bonchev–Trinajstić information content (AvgIpc) is 2.77. The minimum atomic E-state index is -0.544. The lowest BCUT2D eigenvalue weighted by Crippen LogP contribution is -2.11. The van der Waals surface area contributed by atoms with E-state index >= 15 is 0 Å². The molecule has 0 radical (unpaired) electrons. The Hall–Kier alpha value is -1.58. The van der Waals surface area contributed by atoms with Crippen molar-refractivity contribution in [2.45, 2.75) is 19.3 Å². The zero-order valence-corrected chi connectivity index (χ0v) is 9.09. The van der Waals surface area contributed by atoms with Gasteiger partial charge in [-0.2, -0.15) is 5.26 Å². The van der Waals surface area contributed by atoms with Crippen molar-refractivity contribution < 1.29 is 4.79 Å². The van der Waals surface area contributed by atoms with Crippen LogP contribution in [0.1, 0.15) is 28.9 Å². The summed E-state index contributed by atoms with van der Waals surface area (Å²) in [6, 6.07) is 5.60. The number of nitrogens with zero attached hydrogens (tertiary/aromatic N) is 1. The Labute approximate surface area is 93.5 Å². The molecule has 0 bridgehead atoms. The largest absolute Gasteiger partial charge is 0.292 e. The van der Waals surface area contributed by atoms with Crippen molar-refractivity contribution in [3.05, 3.63) is 22.4 Å². The van der Waals surface area contributed by atoms with Crippen LogP contribution in [-0.4, -0.2) is 5.78 Å². The van der Waals surface area contributed by atoms with Crippen molar-refractivity contribution in [3.8, 4) is 18.4 Å². The monoisotopic (exact) mass is 217 g/mol. The van der Waals surface area contributed by atoms with E-state index in [0.29, 0.717) is 17.7 Å². The predicted molar refractivity (Wildman–Crippen MR) is 60.4 cm³/mol. The quantitative estimate of drug-likeness (QED) is 0.432. The van der Waals surface area contributed by atoms with Crippen molar-refractivity contribution in [1.82, 2.24) is 0 Å². The van der Waals surface area contributed by atoms with Gasteiger partial charge in [0.2, 0.25) is 0 Å².